The Kier molecular flexibility index (Phi) is 7.72. The molecule has 0 aliphatic carbocycles. The number of nitrogens with zero attached hydrogens (tertiary/aromatic N) is 2. The van der Waals surface area contributed by atoms with Crippen LogP contribution in [0.25, 0.3) is 43.7 Å². The number of benzene rings is 6. The van der Waals surface area contributed by atoms with Crippen LogP contribution in [0.15, 0.2) is 152 Å². The van der Waals surface area contributed by atoms with Gasteiger partial charge in [-0.1, -0.05) is 101 Å². The maximum absolute atomic E-state index is 4.90. The molecule has 4 heteroatoms. The van der Waals surface area contributed by atoms with Crippen molar-refractivity contribution in [1.29, 1.82) is 0 Å². The minimum Gasteiger partial charge on any atom is -0.304 e. The first kappa shape index (κ1) is 29.0. The van der Waals surface area contributed by atoms with Crippen molar-refractivity contribution in [2.24, 2.45) is 0 Å². The molecule has 0 spiro atoms. The fourth-order valence-corrected chi connectivity index (χ4v) is 12.2. The van der Waals surface area contributed by atoms with Crippen LogP contribution in [0, 0.1) is 19.1 Å². The summed E-state index contributed by atoms with van der Waals surface area (Å²) in [7, 11) is -2.44. The molecule has 0 fully saturated rings. The van der Waals surface area contributed by atoms with E-state index in [1.807, 2.05) is 48.8 Å². The molecule has 0 N–H and O–H groups in total. The van der Waals surface area contributed by atoms with Gasteiger partial charge in [0.1, 0.15) is 0 Å². The molecule has 0 bridgehead atoms. The van der Waals surface area contributed by atoms with Crippen LogP contribution in [0.1, 0.15) is 5.56 Å². The summed E-state index contributed by atoms with van der Waals surface area (Å²) in [4.78, 5) is 9.21. The molecule has 2 nitrogen and oxygen atoms in total. The minimum atomic E-state index is -2.44. The summed E-state index contributed by atoms with van der Waals surface area (Å²) >= 11 is 0. The second-order valence-corrected chi connectivity index (χ2v) is 14.9. The first-order valence-electron chi connectivity index (χ1n) is 14.9. The molecule has 8 aromatic rings. The van der Waals surface area contributed by atoms with Crippen LogP contribution in [0.3, 0.4) is 0 Å². The van der Waals surface area contributed by atoms with E-state index in [-0.39, 0.29) is 20.1 Å². The number of pyridine rings is 2. The monoisotopic (exact) mass is 769 g/mol. The number of hydrogen-bond acceptors (Lipinski definition) is 2. The SMILES string of the molecule is Cc1cccnc1-c1[c-]cccc1.[Ir].[c-]1cccc2c1c1nccc3c1c1c(cccc21)[Si]3(c1ccccc1)c1ccccc1. The quantitative estimate of drug-likeness (QED) is 0.111. The van der Waals surface area contributed by atoms with Crippen molar-refractivity contribution in [3.63, 3.8) is 0 Å². The zero-order chi connectivity index (χ0) is 29.5. The van der Waals surface area contributed by atoms with Gasteiger partial charge >= 0.3 is 0 Å². The Balaban J connectivity index is 0.000000196. The topological polar surface area (TPSA) is 25.8 Å². The van der Waals surface area contributed by atoms with Gasteiger partial charge in [-0.05, 0) is 61.8 Å². The van der Waals surface area contributed by atoms with Crippen molar-refractivity contribution in [3.8, 4) is 11.3 Å². The minimum absolute atomic E-state index is 0. The predicted molar refractivity (Wildman–Crippen MR) is 186 cm³/mol. The van der Waals surface area contributed by atoms with E-state index in [1.165, 1.54) is 47.9 Å². The Hall–Kier alpha value is -4.73. The predicted octanol–water partition coefficient (Wildman–Crippen LogP) is 6.89. The van der Waals surface area contributed by atoms with Gasteiger partial charge in [-0.25, -0.2) is 0 Å². The third-order valence-corrected chi connectivity index (χ3v) is 13.7. The summed E-state index contributed by atoms with van der Waals surface area (Å²) in [6.45, 7) is 2.06. The number of rotatable bonds is 3. The van der Waals surface area contributed by atoms with E-state index >= 15 is 0 Å². The van der Waals surface area contributed by atoms with Crippen LogP contribution in [-0.2, 0) is 20.1 Å². The average Bonchev–Trinajstić information content (AvgIpc) is 3.41. The zero-order valence-corrected chi connectivity index (χ0v) is 28.1. The molecule has 0 amide bonds. The molecule has 1 radical (unpaired) electrons. The van der Waals surface area contributed by atoms with Gasteiger partial charge in [0.25, 0.3) is 0 Å². The molecule has 0 unspecified atom stereocenters. The summed E-state index contributed by atoms with van der Waals surface area (Å²) in [5.41, 5.74) is 4.34. The maximum Gasteiger partial charge on any atom is 0.180 e. The Morgan fingerprint density at radius 3 is 1.93 bits per heavy atom. The molecule has 1 aliphatic heterocycles. The first-order valence-corrected chi connectivity index (χ1v) is 16.9. The van der Waals surface area contributed by atoms with Crippen molar-refractivity contribution < 1.29 is 20.1 Å². The van der Waals surface area contributed by atoms with E-state index in [0.29, 0.717) is 0 Å². The summed E-state index contributed by atoms with van der Waals surface area (Å²) in [5.74, 6) is 0. The fraction of sp³-hybridized carbons (Fsp3) is 0.0244. The van der Waals surface area contributed by atoms with Crippen LogP contribution in [0.2, 0.25) is 0 Å². The van der Waals surface area contributed by atoms with Gasteiger partial charge in [-0.3, -0.25) is 0 Å². The fourth-order valence-electron chi connectivity index (χ4n) is 7.05. The maximum atomic E-state index is 4.90. The number of aromatic nitrogens is 2. The summed E-state index contributed by atoms with van der Waals surface area (Å²) in [5, 5.41) is 12.1. The molecule has 9 rings (SSSR count). The normalized spacial score (nSPS) is 12.6. The van der Waals surface area contributed by atoms with Gasteiger partial charge in [0.15, 0.2) is 8.07 Å². The second-order valence-electron chi connectivity index (χ2n) is 11.2. The second kappa shape index (κ2) is 12.0. The Labute approximate surface area is 277 Å². The third-order valence-electron chi connectivity index (χ3n) is 8.84. The average molecular weight is 769 g/mol. The molecular weight excluding hydrogens is 741 g/mol. The number of fused-ring (bicyclic) bond motifs is 3. The van der Waals surface area contributed by atoms with Crippen LogP contribution in [0.4, 0.5) is 0 Å². The standard InChI is InChI=1S/C29H18NSi.C12H10N.Ir/c1-3-10-20(11-4-1)31(21-12-5-2-6-13-21)25-17-9-16-23-22-14-7-8-15-24(22)29-28(27(23)25)26(31)18-19-30-29;1-10-6-5-9-13-12(10)11-7-3-2-4-8-11;/h1-14,16-19H;2-7,9H,1H3;/q2*-1;. The van der Waals surface area contributed by atoms with Crippen molar-refractivity contribution in [2.45, 2.75) is 6.92 Å². The molecular formula is C41H28IrN2Si-2. The van der Waals surface area contributed by atoms with Gasteiger partial charge in [0, 0.05) is 32.5 Å². The Morgan fingerprint density at radius 2 is 1.22 bits per heavy atom. The van der Waals surface area contributed by atoms with Crippen molar-refractivity contribution in [1.82, 2.24) is 9.97 Å². The van der Waals surface area contributed by atoms with Crippen molar-refractivity contribution in [3.05, 3.63) is 170 Å². The molecule has 2 aromatic heterocycles. The molecule has 0 atom stereocenters. The van der Waals surface area contributed by atoms with Crippen molar-refractivity contribution >= 4 is 61.3 Å². The number of hydrogen-bond donors (Lipinski definition) is 0. The van der Waals surface area contributed by atoms with Gasteiger partial charge in [0.05, 0.1) is 0 Å². The van der Waals surface area contributed by atoms with Gasteiger partial charge < -0.3 is 9.97 Å². The van der Waals surface area contributed by atoms with Gasteiger partial charge in [-0.15, -0.1) is 65.5 Å². The smallest absolute Gasteiger partial charge is 0.180 e. The van der Waals surface area contributed by atoms with Crippen LogP contribution >= 0.6 is 0 Å². The molecule has 217 valence electrons. The largest absolute Gasteiger partial charge is 0.304 e. The summed E-state index contributed by atoms with van der Waals surface area (Å²) in [6, 6.07) is 56.2. The number of aryl methyl sites for hydroxylation is 1. The van der Waals surface area contributed by atoms with Gasteiger partial charge in [-0.2, -0.15) is 0 Å². The van der Waals surface area contributed by atoms with E-state index in [2.05, 4.69) is 127 Å². The van der Waals surface area contributed by atoms with Crippen LogP contribution in [0.5, 0.6) is 0 Å². The first-order chi connectivity index (χ1) is 21.8. The van der Waals surface area contributed by atoms with E-state index in [0.717, 1.165) is 22.2 Å². The van der Waals surface area contributed by atoms with Crippen LogP contribution < -0.4 is 20.7 Å². The van der Waals surface area contributed by atoms with Crippen LogP contribution in [-0.4, -0.2) is 18.0 Å². The van der Waals surface area contributed by atoms with E-state index in [9.17, 15) is 0 Å². The molecule has 45 heavy (non-hydrogen) atoms. The van der Waals surface area contributed by atoms with E-state index < -0.39 is 8.07 Å². The molecule has 0 saturated carbocycles. The molecule has 3 heterocycles. The summed E-state index contributed by atoms with van der Waals surface area (Å²) in [6.07, 6.45) is 3.81. The molecule has 1 aliphatic rings. The van der Waals surface area contributed by atoms with E-state index in [4.69, 9.17) is 4.98 Å². The van der Waals surface area contributed by atoms with Gasteiger partial charge in [0.2, 0.25) is 0 Å². The summed E-state index contributed by atoms with van der Waals surface area (Å²) < 4.78 is 0. The zero-order valence-electron chi connectivity index (χ0n) is 24.7. The Bertz CT molecular complexity index is 2160. The third kappa shape index (κ3) is 4.57. The Morgan fingerprint density at radius 1 is 0.533 bits per heavy atom. The van der Waals surface area contributed by atoms with E-state index in [1.54, 1.807) is 0 Å². The molecule has 0 saturated heterocycles. The van der Waals surface area contributed by atoms with Crippen molar-refractivity contribution in [2.75, 3.05) is 0 Å². The molecule has 6 aromatic carbocycles.